The van der Waals surface area contributed by atoms with E-state index in [9.17, 15) is 4.79 Å². The van der Waals surface area contributed by atoms with Crippen LogP contribution in [0.2, 0.25) is 5.15 Å². The molecule has 1 aliphatic heterocycles. The van der Waals surface area contributed by atoms with Gasteiger partial charge in [-0.3, -0.25) is 14.8 Å². The summed E-state index contributed by atoms with van der Waals surface area (Å²) in [6.07, 6.45) is 0.571. The molecule has 2 heterocycles. The summed E-state index contributed by atoms with van der Waals surface area (Å²) in [5.74, 6) is 0.441. The summed E-state index contributed by atoms with van der Waals surface area (Å²) in [5.41, 5.74) is 0.843. The molecule has 1 aromatic rings. The zero-order valence-electron chi connectivity index (χ0n) is 8.47. The normalized spacial score (nSPS) is 19.7. The molecule has 80 valence electrons. The van der Waals surface area contributed by atoms with Gasteiger partial charge in [-0.25, -0.2) is 4.98 Å². The highest BCUT2D eigenvalue weighted by Crippen LogP contribution is 2.27. The van der Waals surface area contributed by atoms with Crippen LogP contribution in [0.4, 0.5) is 5.82 Å². The number of aromatic nitrogens is 2. The fourth-order valence-corrected chi connectivity index (χ4v) is 1.87. The van der Waals surface area contributed by atoms with E-state index in [-0.39, 0.29) is 17.4 Å². The molecule has 6 heteroatoms. The molecule has 5 nitrogen and oxygen atoms in total. The topological polar surface area (TPSA) is 70.8 Å². The van der Waals surface area contributed by atoms with Crippen molar-refractivity contribution in [3.05, 3.63) is 16.3 Å². The lowest BCUT2D eigenvalue weighted by Crippen LogP contribution is -2.34. The molecule has 15 heavy (non-hydrogen) atoms. The van der Waals surface area contributed by atoms with E-state index in [0.717, 1.165) is 5.56 Å². The predicted molar refractivity (Wildman–Crippen MR) is 55.6 cm³/mol. The van der Waals surface area contributed by atoms with E-state index < -0.39 is 0 Å². The minimum Gasteiger partial charge on any atom is -0.311 e. The van der Waals surface area contributed by atoms with Crippen molar-refractivity contribution >= 4 is 23.3 Å². The lowest BCUT2D eigenvalue weighted by molar-refractivity contribution is -0.119. The summed E-state index contributed by atoms with van der Waals surface area (Å²) >= 11 is 5.94. The Labute approximate surface area is 91.6 Å². The summed E-state index contributed by atoms with van der Waals surface area (Å²) in [5, 5.41) is 10.6. The Morgan fingerprint density at radius 3 is 3.00 bits per heavy atom. The van der Waals surface area contributed by atoms with Crippen LogP contribution in [0.5, 0.6) is 0 Å². The second-order valence-corrected chi connectivity index (χ2v) is 4.06. The molecule has 2 rings (SSSR count). The smallest absolute Gasteiger partial charge is 0.228 e. The van der Waals surface area contributed by atoms with Crippen molar-refractivity contribution in [2.45, 2.75) is 13.3 Å². The van der Waals surface area contributed by atoms with Crippen LogP contribution in [-0.2, 0) is 18.3 Å². The molecule has 2 N–H and O–H groups in total. The van der Waals surface area contributed by atoms with Crippen LogP contribution in [0.15, 0.2) is 0 Å². The Morgan fingerprint density at radius 2 is 2.33 bits per heavy atom. The van der Waals surface area contributed by atoms with Crippen molar-refractivity contribution in [1.29, 1.82) is 5.41 Å². The van der Waals surface area contributed by atoms with Gasteiger partial charge in [0.15, 0.2) is 0 Å². The average molecular weight is 227 g/mol. The summed E-state index contributed by atoms with van der Waals surface area (Å²) in [6.45, 7) is 1.84. The number of carbonyl (C=O) groups excluding carboxylic acids is 1. The van der Waals surface area contributed by atoms with Gasteiger partial charge in [0.25, 0.3) is 0 Å². The van der Waals surface area contributed by atoms with Crippen molar-refractivity contribution in [3.8, 4) is 0 Å². The quantitative estimate of drug-likeness (QED) is 0.639. The van der Waals surface area contributed by atoms with E-state index in [4.69, 9.17) is 17.0 Å². The van der Waals surface area contributed by atoms with E-state index >= 15 is 0 Å². The summed E-state index contributed by atoms with van der Waals surface area (Å²) in [6, 6.07) is 0. The Hall–Kier alpha value is -1.36. The molecule has 0 spiro atoms. The van der Waals surface area contributed by atoms with Gasteiger partial charge in [0.05, 0.1) is 0 Å². The molecule has 0 saturated carbocycles. The fraction of sp³-hybridized carbons (Fsp3) is 0.444. The third kappa shape index (κ3) is 1.52. The van der Waals surface area contributed by atoms with Gasteiger partial charge in [-0.05, 0) is 6.42 Å². The van der Waals surface area contributed by atoms with Gasteiger partial charge < -0.3 is 5.32 Å². The highest BCUT2D eigenvalue weighted by molar-refractivity contribution is 6.30. The minimum atomic E-state index is -0.103. The maximum atomic E-state index is 11.5. The van der Waals surface area contributed by atoms with Crippen LogP contribution in [-0.4, -0.2) is 15.5 Å². The SMILES string of the molecule is CC1Cc2c(Cl)nc(=N)n(C)c2NC1=O. The van der Waals surface area contributed by atoms with Crippen LogP contribution in [0.1, 0.15) is 12.5 Å². The van der Waals surface area contributed by atoms with Crippen LogP contribution >= 0.6 is 11.6 Å². The van der Waals surface area contributed by atoms with Crippen molar-refractivity contribution in [2.24, 2.45) is 13.0 Å². The molecule has 0 radical (unpaired) electrons. The first-order valence-corrected chi connectivity index (χ1v) is 4.99. The number of rotatable bonds is 0. The maximum Gasteiger partial charge on any atom is 0.228 e. The van der Waals surface area contributed by atoms with Crippen LogP contribution < -0.4 is 10.9 Å². The third-order valence-corrected chi connectivity index (χ3v) is 2.90. The monoisotopic (exact) mass is 226 g/mol. The number of carbonyl (C=O) groups is 1. The number of hydrogen-bond donors (Lipinski definition) is 2. The second-order valence-electron chi connectivity index (χ2n) is 3.71. The van der Waals surface area contributed by atoms with Crippen molar-refractivity contribution in [1.82, 2.24) is 9.55 Å². The molecule has 0 fully saturated rings. The van der Waals surface area contributed by atoms with Gasteiger partial charge in [0, 0.05) is 18.5 Å². The number of halogens is 1. The van der Waals surface area contributed by atoms with E-state index in [0.29, 0.717) is 17.4 Å². The molecule has 1 amide bonds. The Balaban J connectivity index is 2.67. The molecule has 1 aromatic heterocycles. The molecular formula is C9H11ClN4O. The molecule has 1 aliphatic rings. The first-order chi connectivity index (χ1) is 7.00. The Bertz CT molecular complexity index is 494. The fourth-order valence-electron chi connectivity index (χ4n) is 1.62. The van der Waals surface area contributed by atoms with E-state index in [1.807, 2.05) is 6.92 Å². The van der Waals surface area contributed by atoms with Crippen molar-refractivity contribution in [3.63, 3.8) is 0 Å². The number of hydrogen-bond acceptors (Lipinski definition) is 3. The standard InChI is InChI=1S/C9H11ClN4O/c1-4-3-5-6(10)12-9(11)14(2)7(5)13-8(4)15/h4,11H,3H2,1-2H3,(H,13,15). The average Bonchev–Trinajstić information content (AvgIpc) is 2.18. The van der Waals surface area contributed by atoms with Crippen LogP contribution in [0.3, 0.4) is 0 Å². The summed E-state index contributed by atoms with van der Waals surface area (Å²) < 4.78 is 1.52. The lowest BCUT2D eigenvalue weighted by atomic mass is 9.98. The van der Waals surface area contributed by atoms with Gasteiger partial charge in [-0.1, -0.05) is 18.5 Å². The lowest BCUT2D eigenvalue weighted by Gasteiger charge is -2.24. The first-order valence-electron chi connectivity index (χ1n) is 4.61. The third-order valence-electron chi connectivity index (χ3n) is 2.59. The number of amides is 1. The zero-order chi connectivity index (χ0) is 11.2. The van der Waals surface area contributed by atoms with Crippen molar-refractivity contribution < 1.29 is 4.79 Å². The number of nitrogens with zero attached hydrogens (tertiary/aromatic N) is 2. The highest BCUT2D eigenvalue weighted by Gasteiger charge is 2.26. The second kappa shape index (κ2) is 3.34. The largest absolute Gasteiger partial charge is 0.311 e. The van der Waals surface area contributed by atoms with Gasteiger partial charge >= 0.3 is 0 Å². The van der Waals surface area contributed by atoms with Gasteiger partial charge in [-0.15, -0.1) is 0 Å². The zero-order valence-corrected chi connectivity index (χ0v) is 9.22. The highest BCUT2D eigenvalue weighted by atomic mass is 35.5. The van der Waals surface area contributed by atoms with E-state index in [1.165, 1.54) is 4.57 Å². The molecule has 1 atom stereocenters. The molecule has 0 bridgehead atoms. The Kier molecular flexibility index (Phi) is 2.26. The van der Waals surface area contributed by atoms with Crippen LogP contribution in [0, 0.1) is 11.3 Å². The molecular weight excluding hydrogens is 216 g/mol. The Morgan fingerprint density at radius 1 is 1.67 bits per heavy atom. The molecule has 0 aliphatic carbocycles. The predicted octanol–water partition coefficient (Wildman–Crippen LogP) is 0.684. The maximum absolute atomic E-state index is 11.5. The number of nitrogens with one attached hydrogen (secondary N) is 2. The number of anilines is 1. The molecule has 0 aromatic carbocycles. The van der Waals surface area contributed by atoms with Gasteiger partial charge in [-0.2, -0.15) is 0 Å². The number of fused-ring (bicyclic) bond motifs is 1. The van der Waals surface area contributed by atoms with E-state index in [1.54, 1.807) is 7.05 Å². The molecule has 0 saturated heterocycles. The van der Waals surface area contributed by atoms with Crippen molar-refractivity contribution in [2.75, 3.05) is 5.32 Å². The minimum absolute atomic E-state index is 0.0357. The molecule has 1 unspecified atom stereocenters. The summed E-state index contributed by atoms with van der Waals surface area (Å²) in [4.78, 5) is 15.4. The van der Waals surface area contributed by atoms with Crippen LogP contribution in [0.25, 0.3) is 0 Å². The first kappa shape index (κ1) is 10.2. The van der Waals surface area contributed by atoms with E-state index in [2.05, 4.69) is 10.3 Å². The summed E-state index contributed by atoms with van der Waals surface area (Å²) in [7, 11) is 1.68. The van der Waals surface area contributed by atoms with Gasteiger partial charge in [0.2, 0.25) is 11.5 Å². The van der Waals surface area contributed by atoms with Gasteiger partial charge in [0.1, 0.15) is 11.0 Å².